The number of aryl methyl sites for hydroxylation is 1. The Balaban J connectivity index is 1.59. The molecule has 2 N–H and O–H groups in total. The van der Waals surface area contributed by atoms with Gasteiger partial charge in [0.25, 0.3) is 5.56 Å². The molecule has 7 heteroatoms. The number of benzene rings is 1. The lowest BCUT2D eigenvalue weighted by Gasteiger charge is -2.34. The number of carbonyl (C=O) groups is 1. The Bertz CT molecular complexity index is 980. The second-order valence-electron chi connectivity index (χ2n) is 7.55. The maximum absolute atomic E-state index is 12.4. The highest BCUT2D eigenvalue weighted by Gasteiger charge is 2.15. The van der Waals surface area contributed by atoms with E-state index in [-0.39, 0.29) is 23.5 Å². The van der Waals surface area contributed by atoms with Gasteiger partial charge in [-0.2, -0.15) is 5.26 Å². The van der Waals surface area contributed by atoms with E-state index in [4.69, 9.17) is 5.26 Å². The molecule has 152 valence electrons. The molecule has 1 aromatic heterocycles. The van der Waals surface area contributed by atoms with Crippen LogP contribution in [-0.2, 0) is 11.2 Å². The third kappa shape index (κ3) is 4.84. The predicted octanol–water partition coefficient (Wildman–Crippen LogP) is 2.19. The van der Waals surface area contributed by atoms with Crippen LogP contribution < -0.4 is 15.8 Å². The molecule has 29 heavy (non-hydrogen) atoms. The van der Waals surface area contributed by atoms with Gasteiger partial charge in [0, 0.05) is 49.7 Å². The summed E-state index contributed by atoms with van der Waals surface area (Å²) in [6.45, 7) is 7.66. The van der Waals surface area contributed by atoms with Crippen molar-refractivity contribution in [1.82, 2.24) is 9.88 Å². The summed E-state index contributed by atoms with van der Waals surface area (Å²) in [7, 11) is 2.13. The van der Waals surface area contributed by atoms with Crippen molar-refractivity contribution in [3.05, 3.63) is 57.0 Å². The quantitative estimate of drug-likeness (QED) is 0.812. The van der Waals surface area contributed by atoms with Crippen LogP contribution in [0.1, 0.15) is 28.8 Å². The number of piperazine rings is 1. The third-order valence-electron chi connectivity index (χ3n) is 5.54. The van der Waals surface area contributed by atoms with E-state index in [1.165, 1.54) is 5.69 Å². The average molecular weight is 393 g/mol. The van der Waals surface area contributed by atoms with Crippen LogP contribution in [0.5, 0.6) is 0 Å². The van der Waals surface area contributed by atoms with Crippen molar-refractivity contribution in [2.45, 2.75) is 26.7 Å². The number of hydrogen-bond acceptors (Lipinski definition) is 5. The van der Waals surface area contributed by atoms with Crippen LogP contribution in [-0.4, -0.2) is 49.0 Å². The molecular weight excluding hydrogens is 366 g/mol. The number of nitrogens with one attached hydrogen (secondary N) is 2. The van der Waals surface area contributed by atoms with E-state index in [1.54, 1.807) is 13.8 Å². The number of amides is 1. The second-order valence-corrected chi connectivity index (χ2v) is 7.55. The van der Waals surface area contributed by atoms with Gasteiger partial charge in [0.05, 0.1) is 0 Å². The second kappa shape index (κ2) is 8.93. The smallest absolute Gasteiger partial charge is 0.266 e. The minimum atomic E-state index is -0.379. The molecule has 1 aliphatic heterocycles. The number of nitrogens with zero attached hydrogens (tertiary/aromatic N) is 3. The molecule has 1 fully saturated rings. The molecule has 3 rings (SSSR count). The molecule has 0 spiro atoms. The maximum atomic E-state index is 12.4. The summed E-state index contributed by atoms with van der Waals surface area (Å²) in [6.07, 6.45) is 0.743. The average Bonchev–Trinajstić information content (AvgIpc) is 2.69. The molecule has 1 aliphatic rings. The lowest BCUT2D eigenvalue weighted by molar-refractivity contribution is -0.116. The SMILES string of the molecule is Cc1[nH]c(=O)c(C#N)c(C)c1CCC(=O)Nc1ccc(N2CCN(C)CC2)cc1. The van der Waals surface area contributed by atoms with Crippen molar-refractivity contribution in [1.29, 1.82) is 5.26 Å². The lowest BCUT2D eigenvalue weighted by Crippen LogP contribution is -2.44. The third-order valence-corrected chi connectivity index (χ3v) is 5.54. The Kier molecular flexibility index (Phi) is 6.35. The van der Waals surface area contributed by atoms with Crippen LogP contribution in [0.3, 0.4) is 0 Å². The molecule has 1 saturated heterocycles. The van der Waals surface area contributed by atoms with Gasteiger partial charge in [0.1, 0.15) is 11.6 Å². The summed E-state index contributed by atoms with van der Waals surface area (Å²) in [4.78, 5) is 31.6. The van der Waals surface area contributed by atoms with E-state index >= 15 is 0 Å². The highest BCUT2D eigenvalue weighted by Crippen LogP contribution is 2.20. The highest BCUT2D eigenvalue weighted by atomic mass is 16.1. The Morgan fingerprint density at radius 1 is 1.17 bits per heavy atom. The molecule has 1 amide bonds. The van der Waals surface area contributed by atoms with Crippen molar-refractivity contribution < 1.29 is 4.79 Å². The van der Waals surface area contributed by atoms with E-state index in [1.807, 2.05) is 30.3 Å². The van der Waals surface area contributed by atoms with E-state index in [0.29, 0.717) is 17.7 Å². The van der Waals surface area contributed by atoms with Gasteiger partial charge in [-0.25, -0.2) is 0 Å². The number of hydrogen-bond donors (Lipinski definition) is 2. The van der Waals surface area contributed by atoms with Gasteiger partial charge < -0.3 is 20.1 Å². The first-order valence-electron chi connectivity index (χ1n) is 9.85. The van der Waals surface area contributed by atoms with Gasteiger partial charge in [0.15, 0.2) is 0 Å². The number of rotatable bonds is 5. The molecule has 0 bridgehead atoms. The Labute approximate surface area is 171 Å². The first kappa shape index (κ1) is 20.6. The predicted molar refractivity (Wildman–Crippen MR) is 114 cm³/mol. The van der Waals surface area contributed by atoms with Crippen molar-refractivity contribution in [3.8, 4) is 6.07 Å². The summed E-state index contributed by atoms with van der Waals surface area (Å²) in [5.74, 6) is -0.0964. The van der Waals surface area contributed by atoms with Gasteiger partial charge in [-0.1, -0.05) is 0 Å². The molecule has 2 aromatic rings. The molecule has 2 heterocycles. The van der Waals surface area contributed by atoms with E-state index in [0.717, 1.165) is 37.4 Å². The van der Waals surface area contributed by atoms with Gasteiger partial charge in [-0.15, -0.1) is 0 Å². The summed E-state index contributed by atoms with van der Waals surface area (Å²) < 4.78 is 0. The number of carbonyl (C=O) groups excluding carboxylic acids is 1. The lowest BCUT2D eigenvalue weighted by atomic mass is 9.99. The van der Waals surface area contributed by atoms with E-state index < -0.39 is 0 Å². The van der Waals surface area contributed by atoms with Crippen LogP contribution >= 0.6 is 0 Å². The van der Waals surface area contributed by atoms with E-state index in [2.05, 4.69) is 27.1 Å². The Hall–Kier alpha value is -3.11. The fourth-order valence-corrected chi connectivity index (χ4v) is 3.70. The van der Waals surface area contributed by atoms with Gasteiger partial charge in [-0.3, -0.25) is 9.59 Å². The zero-order valence-electron chi connectivity index (χ0n) is 17.2. The monoisotopic (exact) mass is 393 g/mol. The number of aromatic nitrogens is 1. The van der Waals surface area contributed by atoms with Crippen LogP contribution in [0.2, 0.25) is 0 Å². The summed E-state index contributed by atoms with van der Waals surface area (Å²) >= 11 is 0. The first-order chi connectivity index (χ1) is 13.9. The fourth-order valence-electron chi connectivity index (χ4n) is 3.70. The molecule has 1 aromatic carbocycles. The number of H-pyrrole nitrogens is 1. The number of anilines is 2. The molecule has 0 radical (unpaired) electrons. The minimum absolute atomic E-state index is 0.0964. The zero-order chi connectivity index (χ0) is 21.0. The number of likely N-dealkylation sites (N-methyl/N-ethyl adjacent to an activating group) is 1. The number of nitriles is 1. The molecule has 0 unspecified atom stereocenters. The van der Waals surface area contributed by atoms with Crippen LogP contribution in [0, 0.1) is 25.2 Å². The largest absolute Gasteiger partial charge is 0.369 e. The summed E-state index contributed by atoms with van der Waals surface area (Å²) in [5.41, 5.74) is 3.87. The van der Waals surface area contributed by atoms with Crippen LogP contribution in [0.15, 0.2) is 29.1 Å². The van der Waals surface area contributed by atoms with Gasteiger partial charge in [-0.05, 0) is 62.7 Å². The van der Waals surface area contributed by atoms with Crippen LogP contribution in [0.4, 0.5) is 11.4 Å². The normalized spacial score (nSPS) is 14.5. The fraction of sp³-hybridized carbons (Fsp3) is 0.409. The minimum Gasteiger partial charge on any atom is -0.369 e. The maximum Gasteiger partial charge on any atom is 0.266 e. The van der Waals surface area contributed by atoms with E-state index in [9.17, 15) is 9.59 Å². The summed E-state index contributed by atoms with van der Waals surface area (Å²) in [5, 5.41) is 12.1. The van der Waals surface area contributed by atoms with Gasteiger partial charge in [0.2, 0.25) is 5.91 Å². The molecule has 7 nitrogen and oxygen atoms in total. The molecule has 0 saturated carbocycles. The zero-order valence-corrected chi connectivity index (χ0v) is 17.2. The molecule has 0 atom stereocenters. The van der Waals surface area contributed by atoms with Crippen molar-refractivity contribution in [2.24, 2.45) is 0 Å². The van der Waals surface area contributed by atoms with Crippen molar-refractivity contribution >= 4 is 17.3 Å². The number of pyridine rings is 1. The van der Waals surface area contributed by atoms with Crippen molar-refractivity contribution in [2.75, 3.05) is 43.4 Å². The Morgan fingerprint density at radius 2 is 1.83 bits per heavy atom. The molecule has 0 aliphatic carbocycles. The van der Waals surface area contributed by atoms with Crippen molar-refractivity contribution in [3.63, 3.8) is 0 Å². The van der Waals surface area contributed by atoms with Crippen LogP contribution in [0.25, 0.3) is 0 Å². The summed E-state index contributed by atoms with van der Waals surface area (Å²) in [6, 6.07) is 9.87. The number of aromatic amines is 1. The Morgan fingerprint density at radius 3 is 2.45 bits per heavy atom. The van der Waals surface area contributed by atoms with Gasteiger partial charge >= 0.3 is 0 Å². The first-order valence-corrected chi connectivity index (χ1v) is 9.85. The standard InChI is InChI=1S/C22H27N5O2/c1-15-19(16(2)24-22(29)20(15)14-23)8-9-21(28)25-17-4-6-18(7-5-17)27-12-10-26(3)11-13-27/h4-7H,8-13H2,1-3H3,(H,24,29)(H,25,28). The highest BCUT2D eigenvalue weighted by molar-refractivity contribution is 5.91. The topological polar surface area (TPSA) is 92.2 Å². The molecular formula is C22H27N5O2.